The monoisotopic (exact) mass is 403 g/mol. The maximum absolute atomic E-state index is 13.2. The van der Waals surface area contributed by atoms with E-state index in [0.29, 0.717) is 31.1 Å². The number of fused-ring (bicyclic) bond motifs is 1. The molecule has 0 bridgehead atoms. The highest BCUT2D eigenvalue weighted by Gasteiger charge is 2.29. The lowest BCUT2D eigenvalue weighted by Crippen LogP contribution is -2.45. The van der Waals surface area contributed by atoms with Crippen LogP contribution in [0.15, 0.2) is 60.8 Å². The fourth-order valence-electron chi connectivity index (χ4n) is 4.03. The molecule has 0 spiro atoms. The van der Waals surface area contributed by atoms with Gasteiger partial charge in [0.1, 0.15) is 0 Å². The molecule has 2 amide bonds. The molecule has 6 nitrogen and oxygen atoms in total. The maximum Gasteiger partial charge on any atom is 0.254 e. The van der Waals surface area contributed by atoms with Crippen LogP contribution >= 0.6 is 0 Å². The van der Waals surface area contributed by atoms with Crippen molar-refractivity contribution < 1.29 is 14.3 Å². The molecule has 1 aromatic heterocycles. The third-order valence-corrected chi connectivity index (χ3v) is 5.60. The minimum absolute atomic E-state index is 0.0155. The van der Waals surface area contributed by atoms with Gasteiger partial charge in [-0.15, -0.1) is 0 Å². The molecule has 154 valence electrons. The molecule has 0 saturated carbocycles. The van der Waals surface area contributed by atoms with Gasteiger partial charge in [-0.1, -0.05) is 42.5 Å². The standard InChI is InChI=1S/C24H25N3O3/c1-30-23-18(9-5-13-25-23)15-26-22(28)19-10-6-14-27(16-19)24(29)21-12-4-8-17-7-2-3-11-20(17)21/h2-5,7-9,11-13,19H,6,10,14-16H2,1H3,(H,26,28). The Bertz CT molecular complexity index is 1060. The van der Waals surface area contributed by atoms with Crippen molar-refractivity contribution in [2.45, 2.75) is 19.4 Å². The van der Waals surface area contributed by atoms with Crippen LogP contribution in [0.3, 0.4) is 0 Å². The van der Waals surface area contributed by atoms with Gasteiger partial charge in [-0.2, -0.15) is 0 Å². The van der Waals surface area contributed by atoms with Gasteiger partial charge in [-0.3, -0.25) is 9.59 Å². The van der Waals surface area contributed by atoms with E-state index in [1.807, 2.05) is 54.6 Å². The minimum Gasteiger partial charge on any atom is -0.481 e. The number of ether oxygens (including phenoxy) is 1. The Morgan fingerprint density at radius 1 is 1.13 bits per heavy atom. The van der Waals surface area contributed by atoms with Gasteiger partial charge in [-0.05, 0) is 35.7 Å². The molecule has 1 atom stereocenters. The van der Waals surface area contributed by atoms with Crippen LogP contribution in [0.2, 0.25) is 0 Å². The summed E-state index contributed by atoms with van der Waals surface area (Å²) in [5.74, 6) is 0.226. The van der Waals surface area contributed by atoms with Crippen molar-refractivity contribution in [2.75, 3.05) is 20.2 Å². The summed E-state index contributed by atoms with van der Waals surface area (Å²) in [7, 11) is 1.56. The molecular formula is C24H25N3O3. The molecule has 6 heteroatoms. The molecule has 0 radical (unpaired) electrons. The third-order valence-electron chi connectivity index (χ3n) is 5.60. The lowest BCUT2D eigenvalue weighted by Gasteiger charge is -2.32. The van der Waals surface area contributed by atoms with Crippen LogP contribution in [0, 0.1) is 5.92 Å². The normalized spacial score (nSPS) is 16.3. The van der Waals surface area contributed by atoms with E-state index in [9.17, 15) is 9.59 Å². The summed E-state index contributed by atoms with van der Waals surface area (Å²) in [4.78, 5) is 32.0. The van der Waals surface area contributed by atoms with Crippen molar-refractivity contribution in [1.29, 1.82) is 0 Å². The Labute approximate surface area is 175 Å². The van der Waals surface area contributed by atoms with Crippen molar-refractivity contribution >= 4 is 22.6 Å². The zero-order valence-corrected chi connectivity index (χ0v) is 17.0. The Morgan fingerprint density at radius 2 is 1.97 bits per heavy atom. The SMILES string of the molecule is COc1ncccc1CNC(=O)C1CCCN(C(=O)c2cccc3ccccc23)C1. The number of nitrogens with one attached hydrogen (secondary N) is 1. The second-order valence-electron chi connectivity index (χ2n) is 7.51. The maximum atomic E-state index is 13.2. The highest BCUT2D eigenvalue weighted by Crippen LogP contribution is 2.24. The highest BCUT2D eigenvalue weighted by atomic mass is 16.5. The molecule has 0 aliphatic carbocycles. The average molecular weight is 403 g/mol. The van der Waals surface area contributed by atoms with E-state index in [1.165, 1.54) is 0 Å². The molecule has 1 N–H and O–H groups in total. The molecule has 1 fully saturated rings. The van der Waals surface area contributed by atoms with Crippen LogP contribution in [0.4, 0.5) is 0 Å². The number of carbonyl (C=O) groups excluding carboxylic acids is 2. The first-order chi connectivity index (χ1) is 14.7. The fourth-order valence-corrected chi connectivity index (χ4v) is 4.03. The molecule has 1 unspecified atom stereocenters. The number of carbonyl (C=O) groups is 2. The second kappa shape index (κ2) is 8.95. The number of benzene rings is 2. The molecule has 1 aliphatic heterocycles. The van der Waals surface area contributed by atoms with E-state index in [2.05, 4.69) is 10.3 Å². The predicted molar refractivity (Wildman–Crippen MR) is 115 cm³/mol. The van der Waals surface area contributed by atoms with Crippen LogP contribution in [-0.4, -0.2) is 41.9 Å². The number of piperidine rings is 1. The summed E-state index contributed by atoms with van der Waals surface area (Å²) in [5, 5.41) is 4.96. The molecule has 3 aromatic rings. The minimum atomic E-state index is -0.222. The molecule has 4 rings (SSSR count). The van der Waals surface area contributed by atoms with Crippen LogP contribution in [0.25, 0.3) is 10.8 Å². The van der Waals surface area contributed by atoms with Gasteiger partial charge in [0.25, 0.3) is 5.91 Å². The van der Waals surface area contributed by atoms with Gasteiger partial charge in [0.2, 0.25) is 11.8 Å². The van der Waals surface area contributed by atoms with Gasteiger partial charge in [0.15, 0.2) is 0 Å². The van der Waals surface area contributed by atoms with Crippen LogP contribution in [0.1, 0.15) is 28.8 Å². The first-order valence-electron chi connectivity index (χ1n) is 10.2. The van der Waals surface area contributed by atoms with E-state index in [-0.39, 0.29) is 17.7 Å². The van der Waals surface area contributed by atoms with Gasteiger partial charge in [-0.25, -0.2) is 4.98 Å². The van der Waals surface area contributed by atoms with E-state index in [0.717, 1.165) is 29.2 Å². The van der Waals surface area contributed by atoms with Crippen molar-refractivity contribution in [3.8, 4) is 5.88 Å². The van der Waals surface area contributed by atoms with Crippen molar-refractivity contribution in [3.05, 3.63) is 71.9 Å². The number of rotatable bonds is 5. The van der Waals surface area contributed by atoms with Gasteiger partial charge < -0.3 is 15.0 Å². The third kappa shape index (κ3) is 4.13. The number of hydrogen-bond donors (Lipinski definition) is 1. The Morgan fingerprint density at radius 3 is 2.83 bits per heavy atom. The number of nitrogens with zero attached hydrogens (tertiary/aromatic N) is 2. The average Bonchev–Trinajstić information content (AvgIpc) is 2.82. The number of amides is 2. The highest BCUT2D eigenvalue weighted by molar-refractivity contribution is 6.07. The van der Waals surface area contributed by atoms with E-state index in [4.69, 9.17) is 4.74 Å². The van der Waals surface area contributed by atoms with Crippen molar-refractivity contribution in [2.24, 2.45) is 5.92 Å². The molecule has 2 aromatic carbocycles. The quantitative estimate of drug-likeness (QED) is 0.709. The molecule has 2 heterocycles. The lowest BCUT2D eigenvalue weighted by atomic mass is 9.95. The second-order valence-corrected chi connectivity index (χ2v) is 7.51. The number of methoxy groups -OCH3 is 1. The smallest absolute Gasteiger partial charge is 0.254 e. The van der Waals surface area contributed by atoms with Crippen LogP contribution in [-0.2, 0) is 11.3 Å². The molecule has 1 saturated heterocycles. The van der Waals surface area contributed by atoms with Crippen LogP contribution < -0.4 is 10.1 Å². The summed E-state index contributed by atoms with van der Waals surface area (Å²) in [6, 6.07) is 17.4. The number of pyridine rings is 1. The summed E-state index contributed by atoms with van der Waals surface area (Å²) < 4.78 is 5.24. The number of hydrogen-bond acceptors (Lipinski definition) is 4. The van der Waals surface area contributed by atoms with Gasteiger partial charge in [0, 0.05) is 37.0 Å². The van der Waals surface area contributed by atoms with Crippen molar-refractivity contribution in [3.63, 3.8) is 0 Å². The summed E-state index contributed by atoms with van der Waals surface area (Å²) in [5.41, 5.74) is 1.52. The zero-order valence-electron chi connectivity index (χ0n) is 17.0. The summed E-state index contributed by atoms with van der Waals surface area (Å²) in [6.45, 7) is 1.45. The summed E-state index contributed by atoms with van der Waals surface area (Å²) in [6.07, 6.45) is 3.24. The Balaban J connectivity index is 1.43. The summed E-state index contributed by atoms with van der Waals surface area (Å²) >= 11 is 0. The van der Waals surface area contributed by atoms with Gasteiger partial charge in [0.05, 0.1) is 13.0 Å². The Kier molecular flexibility index (Phi) is 5.93. The fraction of sp³-hybridized carbons (Fsp3) is 0.292. The first-order valence-corrected chi connectivity index (χ1v) is 10.2. The van der Waals surface area contributed by atoms with Crippen molar-refractivity contribution in [1.82, 2.24) is 15.2 Å². The Hall–Kier alpha value is -3.41. The molecule has 30 heavy (non-hydrogen) atoms. The number of aromatic nitrogens is 1. The van der Waals surface area contributed by atoms with E-state index < -0.39 is 0 Å². The van der Waals surface area contributed by atoms with E-state index >= 15 is 0 Å². The largest absolute Gasteiger partial charge is 0.481 e. The molecular weight excluding hydrogens is 378 g/mol. The zero-order chi connectivity index (χ0) is 20.9. The lowest BCUT2D eigenvalue weighted by molar-refractivity contribution is -0.126. The first kappa shape index (κ1) is 19.9. The van der Waals surface area contributed by atoms with E-state index in [1.54, 1.807) is 18.2 Å². The predicted octanol–water partition coefficient (Wildman–Crippen LogP) is 3.41. The topological polar surface area (TPSA) is 71.5 Å². The van der Waals surface area contributed by atoms with Gasteiger partial charge >= 0.3 is 0 Å². The number of likely N-dealkylation sites (tertiary alicyclic amines) is 1. The van der Waals surface area contributed by atoms with Crippen LogP contribution in [0.5, 0.6) is 5.88 Å². The molecule has 1 aliphatic rings.